The average Bonchev–Trinajstić information content (AvgIpc) is 2.75. The van der Waals surface area contributed by atoms with Crippen LogP contribution >= 0.6 is 0 Å². The third-order valence-electron chi connectivity index (χ3n) is 4.88. The average molecular weight is 253 g/mol. The second kappa shape index (κ2) is 5.57. The first-order valence-electron chi connectivity index (χ1n) is 7.38. The number of hydrogen-bond donors (Lipinski definition) is 2. The number of carbonyl (C=O) groups is 1. The topological polar surface area (TPSA) is 72.3 Å². The molecule has 4 nitrogen and oxygen atoms in total. The van der Waals surface area contributed by atoms with Crippen LogP contribution in [0.2, 0.25) is 0 Å². The highest BCUT2D eigenvalue weighted by Gasteiger charge is 2.42. The highest BCUT2D eigenvalue weighted by Crippen LogP contribution is 2.33. The summed E-state index contributed by atoms with van der Waals surface area (Å²) in [5, 5.41) is 0. The quantitative estimate of drug-likeness (QED) is 0.791. The Balaban J connectivity index is 1.83. The third kappa shape index (κ3) is 2.86. The predicted molar refractivity (Wildman–Crippen MR) is 73.0 cm³/mol. The summed E-state index contributed by atoms with van der Waals surface area (Å²) in [6.07, 6.45) is 7.79. The van der Waals surface area contributed by atoms with Gasteiger partial charge in [0.15, 0.2) is 0 Å². The molecule has 0 aromatic rings. The summed E-state index contributed by atoms with van der Waals surface area (Å²) in [5.41, 5.74) is 10.7. The van der Waals surface area contributed by atoms with E-state index in [0.717, 1.165) is 25.2 Å². The van der Waals surface area contributed by atoms with E-state index in [9.17, 15) is 4.79 Å². The Labute approximate surface area is 110 Å². The zero-order valence-electron chi connectivity index (χ0n) is 11.5. The molecule has 4 N–H and O–H groups in total. The monoisotopic (exact) mass is 253 g/mol. The number of primary amides is 1. The van der Waals surface area contributed by atoms with Crippen molar-refractivity contribution >= 4 is 5.91 Å². The summed E-state index contributed by atoms with van der Waals surface area (Å²) >= 11 is 0. The minimum Gasteiger partial charge on any atom is -0.368 e. The lowest BCUT2D eigenvalue weighted by atomic mass is 9.91. The molecule has 1 heterocycles. The Morgan fingerprint density at radius 1 is 1.33 bits per heavy atom. The van der Waals surface area contributed by atoms with E-state index >= 15 is 0 Å². The number of nitrogens with zero attached hydrogens (tertiary/aromatic N) is 1. The first-order chi connectivity index (χ1) is 8.55. The van der Waals surface area contributed by atoms with Crippen LogP contribution in [-0.4, -0.2) is 35.5 Å². The third-order valence-corrected chi connectivity index (χ3v) is 4.88. The van der Waals surface area contributed by atoms with Crippen LogP contribution in [0.4, 0.5) is 0 Å². The van der Waals surface area contributed by atoms with Crippen LogP contribution in [-0.2, 0) is 4.79 Å². The fourth-order valence-electron chi connectivity index (χ4n) is 3.60. The minimum absolute atomic E-state index is 0.328. The van der Waals surface area contributed by atoms with Crippen molar-refractivity contribution in [3.63, 3.8) is 0 Å². The zero-order chi connectivity index (χ0) is 13.2. The summed E-state index contributed by atoms with van der Waals surface area (Å²) in [4.78, 5) is 13.9. The van der Waals surface area contributed by atoms with Crippen molar-refractivity contribution in [3.8, 4) is 0 Å². The van der Waals surface area contributed by atoms with Crippen LogP contribution in [0, 0.1) is 5.92 Å². The van der Waals surface area contributed by atoms with Gasteiger partial charge in [-0.2, -0.15) is 0 Å². The number of hydrogen-bond acceptors (Lipinski definition) is 3. The molecule has 104 valence electrons. The molecule has 0 radical (unpaired) electrons. The van der Waals surface area contributed by atoms with E-state index in [1.54, 1.807) is 0 Å². The lowest BCUT2D eigenvalue weighted by Gasteiger charge is -2.36. The van der Waals surface area contributed by atoms with Gasteiger partial charge in [0.1, 0.15) is 0 Å². The number of carbonyl (C=O) groups excluding carboxylic acids is 1. The number of nitrogens with two attached hydrogens (primary N) is 2. The van der Waals surface area contributed by atoms with Gasteiger partial charge in [-0.3, -0.25) is 4.79 Å². The van der Waals surface area contributed by atoms with Crippen molar-refractivity contribution in [3.05, 3.63) is 0 Å². The van der Waals surface area contributed by atoms with Crippen LogP contribution in [0.3, 0.4) is 0 Å². The smallest absolute Gasteiger partial charge is 0.237 e. The summed E-state index contributed by atoms with van der Waals surface area (Å²) < 4.78 is 0. The molecule has 2 fully saturated rings. The molecule has 18 heavy (non-hydrogen) atoms. The van der Waals surface area contributed by atoms with Gasteiger partial charge in [0.25, 0.3) is 0 Å². The maximum absolute atomic E-state index is 11.4. The molecule has 0 spiro atoms. The summed E-state index contributed by atoms with van der Waals surface area (Å²) in [6.45, 7) is 4.60. The van der Waals surface area contributed by atoms with Crippen LogP contribution < -0.4 is 11.5 Å². The number of piperidine rings is 1. The van der Waals surface area contributed by atoms with Gasteiger partial charge in [-0.15, -0.1) is 0 Å². The molecule has 4 heteroatoms. The molecule has 1 saturated heterocycles. The van der Waals surface area contributed by atoms with Crippen LogP contribution in [0.5, 0.6) is 0 Å². The van der Waals surface area contributed by atoms with E-state index in [0.29, 0.717) is 6.04 Å². The van der Waals surface area contributed by atoms with Crippen molar-refractivity contribution < 1.29 is 4.79 Å². The second-order valence-corrected chi connectivity index (χ2v) is 6.19. The minimum atomic E-state index is -0.745. The van der Waals surface area contributed by atoms with Crippen LogP contribution in [0.25, 0.3) is 0 Å². The van der Waals surface area contributed by atoms with E-state index in [2.05, 4.69) is 11.8 Å². The maximum Gasteiger partial charge on any atom is 0.237 e. The van der Waals surface area contributed by atoms with E-state index in [-0.39, 0.29) is 5.91 Å². The SMILES string of the molecule is CCCC1CCN(C2CCC(N)(C(N)=O)C2)CC1. The molecular formula is C14H27N3O. The van der Waals surface area contributed by atoms with Gasteiger partial charge in [-0.1, -0.05) is 19.8 Å². The van der Waals surface area contributed by atoms with Crippen molar-refractivity contribution in [2.45, 2.75) is 63.5 Å². The Bertz CT molecular complexity index is 299. The van der Waals surface area contributed by atoms with Crippen molar-refractivity contribution in [2.24, 2.45) is 17.4 Å². The van der Waals surface area contributed by atoms with E-state index < -0.39 is 5.54 Å². The molecule has 0 aromatic carbocycles. The van der Waals surface area contributed by atoms with Crippen molar-refractivity contribution in [1.82, 2.24) is 4.90 Å². The fraction of sp³-hybridized carbons (Fsp3) is 0.929. The highest BCUT2D eigenvalue weighted by molar-refractivity contribution is 5.84. The van der Waals surface area contributed by atoms with Gasteiger partial charge in [-0.05, 0) is 51.1 Å². The lowest BCUT2D eigenvalue weighted by Crippen LogP contribution is -2.51. The van der Waals surface area contributed by atoms with Gasteiger partial charge in [0.2, 0.25) is 5.91 Å². The highest BCUT2D eigenvalue weighted by atomic mass is 16.1. The molecule has 2 aliphatic rings. The van der Waals surface area contributed by atoms with Gasteiger partial charge in [-0.25, -0.2) is 0 Å². The molecule has 1 amide bonds. The van der Waals surface area contributed by atoms with Crippen LogP contribution in [0.15, 0.2) is 0 Å². The van der Waals surface area contributed by atoms with Crippen LogP contribution in [0.1, 0.15) is 51.9 Å². The normalized spacial score (nSPS) is 34.9. The first-order valence-corrected chi connectivity index (χ1v) is 7.38. The summed E-state index contributed by atoms with van der Waals surface area (Å²) in [6, 6.07) is 0.477. The Morgan fingerprint density at radius 2 is 2.00 bits per heavy atom. The van der Waals surface area contributed by atoms with Gasteiger partial charge in [0.05, 0.1) is 5.54 Å². The molecule has 1 aliphatic carbocycles. The molecule has 2 atom stereocenters. The van der Waals surface area contributed by atoms with E-state index in [4.69, 9.17) is 11.5 Å². The molecule has 1 aliphatic heterocycles. The second-order valence-electron chi connectivity index (χ2n) is 6.19. The molecule has 0 bridgehead atoms. The van der Waals surface area contributed by atoms with E-state index in [1.165, 1.54) is 38.8 Å². The molecule has 2 rings (SSSR count). The number of rotatable bonds is 4. The Morgan fingerprint density at radius 3 is 2.50 bits per heavy atom. The standard InChI is InChI=1S/C14H27N3O/c1-2-3-11-5-8-17(9-6-11)12-4-7-14(16,10-12)13(15)18/h11-12H,2-10,16H2,1H3,(H2,15,18). The van der Waals surface area contributed by atoms with Gasteiger partial charge in [0, 0.05) is 6.04 Å². The summed E-state index contributed by atoms with van der Waals surface area (Å²) in [7, 11) is 0. The molecular weight excluding hydrogens is 226 g/mol. The first kappa shape index (κ1) is 13.8. The molecule has 0 aromatic heterocycles. The largest absolute Gasteiger partial charge is 0.368 e. The maximum atomic E-state index is 11.4. The molecule has 1 saturated carbocycles. The van der Waals surface area contributed by atoms with Gasteiger partial charge >= 0.3 is 0 Å². The fourth-order valence-corrected chi connectivity index (χ4v) is 3.60. The Kier molecular flexibility index (Phi) is 4.28. The van der Waals surface area contributed by atoms with Crippen molar-refractivity contribution in [2.75, 3.05) is 13.1 Å². The van der Waals surface area contributed by atoms with E-state index in [1.807, 2.05) is 0 Å². The van der Waals surface area contributed by atoms with Crippen molar-refractivity contribution in [1.29, 1.82) is 0 Å². The Hall–Kier alpha value is -0.610. The number of amides is 1. The lowest BCUT2D eigenvalue weighted by molar-refractivity contribution is -0.123. The zero-order valence-corrected chi connectivity index (χ0v) is 11.5. The molecule has 2 unspecified atom stereocenters. The van der Waals surface area contributed by atoms with Gasteiger partial charge < -0.3 is 16.4 Å². The summed E-state index contributed by atoms with van der Waals surface area (Å²) in [5.74, 6) is 0.581. The predicted octanol–water partition coefficient (Wildman–Crippen LogP) is 1.23. The number of likely N-dealkylation sites (tertiary alicyclic amines) is 1.